The summed E-state index contributed by atoms with van der Waals surface area (Å²) in [5.74, 6) is 0. The third kappa shape index (κ3) is 6.31. The predicted octanol–water partition coefficient (Wildman–Crippen LogP) is 3.60. The average molecular weight is 524 g/mol. The summed E-state index contributed by atoms with van der Waals surface area (Å²) < 4.78 is -2.09. The Morgan fingerprint density at radius 2 is 1.54 bits per heavy atom. The van der Waals surface area contributed by atoms with Gasteiger partial charge in [-0.25, -0.2) is 0 Å². The van der Waals surface area contributed by atoms with E-state index in [1.807, 2.05) is 0 Å². The number of alkyl halides is 3. The molecule has 0 aliphatic carbocycles. The van der Waals surface area contributed by atoms with E-state index in [1.54, 1.807) is 22.6 Å². The molecule has 0 unspecified atom stereocenters. The highest BCUT2D eigenvalue weighted by Crippen LogP contribution is 2.45. The van der Waals surface area contributed by atoms with Gasteiger partial charge in [-0.3, -0.25) is 0 Å². The van der Waals surface area contributed by atoms with Crippen LogP contribution in [0.4, 0.5) is 0 Å². The molecule has 80 valence electrons. The molecule has 0 saturated heterocycles. The Kier molecular flexibility index (Phi) is 7.72. The van der Waals surface area contributed by atoms with Gasteiger partial charge in [0, 0.05) is 0 Å². The minimum Gasteiger partial charge on any atom is -0.356 e. The molecule has 0 heterocycles. The molecule has 0 saturated carbocycles. The molecule has 0 rings (SSSR count). The van der Waals surface area contributed by atoms with E-state index in [0.29, 0.717) is 0 Å². The van der Waals surface area contributed by atoms with E-state index in [0.717, 1.165) is 12.8 Å². The Morgan fingerprint density at radius 1 is 1.00 bits per heavy atom. The number of unbranched alkanes of at least 4 members (excludes halogenated alkanes) is 3. The van der Waals surface area contributed by atoms with Crippen LogP contribution in [0, 0.1) is 0 Å². The molecule has 5 heteroatoms. The summed E-state index contributed by atoms with van der Waals surface area (Å²) in [6.07, 6.45) is 5.52. The largest absolute Gasteiger partial charge is 0.356 e. The Hall–Kier alpha value is 2.11. The van der Waals surface area contributed by atoms with Gasteiger partial charge in [-0.2, -0.15) is 0 Å². The third-order valence-corrected chi connectivity index (χ3v) is 7.38. The maximum Gasteiger partial charge on any atom is 0.240 e. The second kappa shape index (κ2) is 6.64. The number of rotatable bonds is 6. The maximum atomic E-state index is 9.43. The lowest BCUT2D eigenvalue weighted by atomic mass is 10.1. The highest BCUT2D eigenvalue weighted by Gasteiger charge is 2.42. The lowest BCUT2D eigenvalue weighted by molar-refractivity contribution is -0.0599. The fourth-order valence-corrected chi connectivity index (χ4v) is 1.97. The second-order valence-electron chi connectivity index (χ2n) is 3.10. The fourth-order valence-electron chi connectivity index (χ4n) is 0.933. The number of hydrogen-bond donors (Lipinski definition) is 2. The lowest BCUT2D eigenvalue weighted by Crippen LogP contribution is -2.39. The summed E-state index contributed by atoms with van der Waals surface area (Å²) in [7, 11) is 0. The quantitative estimate of drug-likeness (QED) is 0.242. The molecule has 0 aliphatic rings. The molecule has 0 aromatic heterocycles. The van der Waals surface area contributed by atoms with E-state index in [4.69, 9.17) is 0 Å². The van der Waals surface area contributed by atoms with Gasteiger partial charge in [-0.05, 0) is 29.0 Å². The smallest absolute Gasteiger partial charge is 0.240 e. The fraction of sp³-hybridized carbons (Fsp3) is 1.00. The van der Waals surface area contributed by atoms with Crippen molar-refractivity contribution < 1.29 is 10.2 Å². The van der Waals surface area contributed by atoms with Crippen LogP contribution < -0.4 is 0 Å². The molecule has 0 radical (unpaired) electrons. The van der Waals surface area contributed by atoms with Crippen LogP contribution in [-0.2, 0) is 0 Å². The van der Waals surface area contributed by atoms with Gasteiger partial charge in [0.25, 0.3) is 0 Å². The van der Waals surface area contributed by atoms with Gasteiger partial charge in [0.15, 0.2) is 0 Å². The zero-order valence-corrected chi connectivity index (χ0v) is 14.0. The van der Waals surface area contributed by atoms with Crippen molar-refractivity contribution in [2.24, 2.45) is 0 Å². The van der Waals surface area contributed by atoms with Gasteiger partial charge in [0.1, 0.15) is 1.43 Å². The maximum absolute atomic E-state index is 9.43. The summed E-state index contributed by atoms with van der Waals surface area (Å²) >= 11 is 5.90. The first-order chi connectivity index (χ1) is 5.81. The van der Waals surface area contributed by atoms with E-state index in [-0.39, 0.29) is 0 Å². The third-order valence-electron chi connectivity index (χ3n) is 1.81. The van der Waals surface area contributed by atoms with Crippen molar-refractivity contribution in [3.05, 3.63) is 0 Å². The van der Waals surface area contributed by atoms with Gasteiger partial charge in [-0.15, -0.1) is 0 Å². The van der Waals surface area contributed by atoms with Crippen LogP contribution >= 0.6 is 67.8 Å². The van der Waals surface area contributed by atoms with Crippen molar-refractivity contribution in [1.29, 1.82) is 0 Å². The highest BCUT2D eigenvalue weighted by atomic mass is 127. The van der Waals surface area contributed by atoms with Crippen LogP contribution in [0.15, 0.2) is 0 Å². The minimum atomic E-state index is -1.61. The van der Waals surface area contributed by atoms with Gasteiger partial charge in [0.2, 0.25) is 3.79 Å². The molecule has 0 spiro atoms. The number of aliphatic hydroxyl groups is 2. The summed E-state index contributed by atoms with van der Waals surface area (Å²) in [6.45, 7) is 2.17. The van der Waals surface area contributed by atoms with Crippen LogP contribution in [0.3, 0.4) is 0 Å². The van der Waals surface area contributed by atoms with E-state index in [9.17, 15) is 10.2 Å². The Bertz CT molecular complexity index is 143. The van der Waals surface area contributed by atoms with Crippen molar-refractivity contribution in [3.63, 3.8) is 0 Å². The van der Waals surface area contributed by atoms with Crippen molar-refractivity contribution in [2.75, 3.05) is 0 Å². The van der Waals surface area contributed by atoms with Crippen LogP contribution in [0.2, 0.25) is 0 Å². The normalized spacial score (nSPS) is 13.4. The van der Waals surface area contributed by atoms with E-state index < -0.39 is 5.22 Å². The van der Waals surface area contributed by atoms with E-state index in [2.05, 4.69) is 52.1 Å². The van der Waals surface area contributed by atoms with Crippen molar-refractivity contribution in [1.82, 2.24) is 0 Å². The van der Waals surface area contributed by atoms with E-state index >= 15 is 0 Å². The van der Waals surface area contributed by atoms with Crippen LogP contribution in [-0.4, -0.2) is 15.4 Å². The zero-order valence-electron chi connectivity index (χ0n) is 7.56. The molecule has 2 nitrogen and oxygen atoms in total. The van der Waals surface area contributed by atoms with Crippen molar-refractivity contribution in [2.45, 2.75) is 44.3 Å². The standard InChI is InChI=1S/C8H15I3O2/c1-2-3-4-5-6-7(9,10)8(11,12)13/h12-13H,2-6H2,1H3. The molecule has 0 bridgehead atoms. The summed E-state index contributed by atoms with van der Waals surface area (Å²) in [4.78, 5) is 0. The predicted molar refractivity (Wildman–Crippen MR) is 80.7 cm³/mol. The average Bonchev–Trinajstić information content (AvgIpc) is 1.96. The molecule has 2 N–H and O–H groups in total. The highest BCUT2D eigenvalue weighted by molar-refractivity contribution is 14.2. The van der Waals surface area contributed by atoms with Gasteiger partial charge >= 0.3 is 0 Å². The summed E-state index contributed by atoms with van der Waals surface area (Å²) in [5, 5.41) is 18.9. The second-order valence-corrected chi connectivity index (χ2v) is 10.4. The van der Waals surface area contributed by atoms with E-state index in [1.165, 1.54) is 19.3 Å². The Balaban J connectivity index is 3.77. The van der Waals surface area contributed by atoms with Gasteiger partial charge in [-0.1, -0.05) is 77.8 Å². The molecule has 0 fully saturated rings. The number of halogens is 3. The van der Waals surface area contributed by atoms with Crippen LogP contribution in [0.25, 0.3) is 0 Å². The van der Waals surface area contributed by atoms with Gasteiger partial charge in [0.05, 0.1) is 0 Å². The van der Waals surface area contributed by atoms with Gasteiger partial charge < -0.3 is 10.2 Å². The Morgan fingerprint density at radius 3 is 1.92 bits per heavy atom. The number of hydrogen-bond acceptors (Lipinski definition) is 2. The molecule has 0 amide bonds. The molecule has 13 heavy (non-hydrogen) atoms. The topological polar surface area (TPSA) is 40.5 Å². The van der Waals surface area contributed by atoms with Crippen LogP contribution in [0.1, 0.15) is 39.0 Å². The molecular weight excluding hydrogens is 509 g/mol. The molecule has 0 aliphatic heterocycles. The first-order valence-electron chi connectivity index (χ1n) is 4.32. The molecule has 0 atom stereocenters. The van der Waals surface area contributed by atoms with Crippen molar-refractivity contribution in [3.8, 4) is 0 Å². The minimum absolute atomic E-state index is 0.475. The Labute approximate surface area is 121 Å². The molecule has 0 aromatic carbocycles. The first-order valence-corrected chi connectivity index (χ1v) is 7.56. The monoisotopic (exact) mass is 524 g/mol. The SMILES string of the molecule is CCCCCCC(I)(I)C(O)(O)I. The first kappa shape index (κ1) is 15.1. The summed E-state index contributed by atoms with van der Waals surface area (Å²) in [6, 6.07) is 0. The zero-order chi connectivity index (χ0) is 10.5. The lowest BCUT2D eigenvalue weighted by Gasteiger charge is -2.29. The van der Waals surface area contributed by atoms with Crippen molar-refractivity contribution >= 4 is 67.8 Å². The van der Waals surface area contributed by atoms with Crippen LogP contribution in [0.5, 0.6) is 0 Å². The molecule has 0 aromatic rings. The molecular formula is C8H15I3O2. The summed E-state index contributed by atoms with van der Waals surface area (Å²) in [5.41, 5.74) is 0.